The maximum absolute atomic E-state index is 10.8. The van der Waals surface area contributed by atoms with Crippen LogP contribution in [0.4, 0.5) is 0 Å². The molecule has 4 N–H and O–H groups in total. The van der Waals surface area contributed by atoms with Gasteiger partial charge in [-0.2, -0.15) is 0 Å². The second-order valence-corrected chi connectivity index (χ2v) is 5.30. The number of aromatic carboxylic acids is 1. The first-order valence-electron chi connectivity index (χ1n) is 4.48. The fourth-order valence-electron chi connectivity index (χ4n) is 0.854. The van der Waals surface area contributed by atoms with Crippen LogP contribution in [0.25, 0.3) is 0 Å². The number of carboxylic acids is 2. The molecule has 6 nitrogen and oxygen atoms in total. The van der Waals surface area contributed by atoms with E-state index in [0.29, 0.717) is 5.03 Å². The van der Waals surface area contributed by atoms with Crippen molar-refractivity contribution in [3.63, 3.8) is 0 Å². The van der Waals surface area contributed by atoms with Crippen LogP contribution in [0.3, 0.4) is 0 Å². The van der Waals surface area contributed by atoms with Gasteiger partial charge in [0.15, 0.2) is 0 Å². The first-order valence-corrected chi connectivity index (χ1v) is 6.80. The average molecular weight is 274 g/mol. The zero-order valence-electron chi connectivity index (χ0n) is 8.57. The Balaban J connectivity index is 2.58. The van der Waals surface area contributed by atoms with Gasteiger partial charge in [0.1, 0.15) is 11.1 Å². The Morgan fingerprint density at radius 1 is 1.47 bits per heavy atom. The van der Waals surface area contributed by atoms with Crippen LogP contribution in [0.15, 0.2) is 23.4 Å². The van der Waals surface area contributed by atoms with E-state index in [1.54, 1.807) is 0 Å². The number of nitrogens with zero attached hydrogens (tertiary/aromatic N) is 1. The summed E-state index contributed by atoms with van der Waals surface area (Å²) in [5, 5.41) is 17.8. The average Bonchev–Trinajstić information content (AvgIpc) is 2.29. The largest absolute Gasteiger partial charge is 0.480 e. The molecule has 17 heavy (non-hydrogen) atoms. The minimum Gasteiger partial charge on any atom is -0.480 e. The fourth-order valence-corrected chi connectivity index (χ4v) is 3.05. The monoisotopic (exact) mass is 274 g/mol. The normalized spacial score (nSPS) is 12.1. The number of hydrogen-bond donors (Lipinski definition) is 3. The van der Waals surface area contributed by atoms with Crippen molar-refractivity contribution in [2.75, 3.05) is 5.75 Å². The molecule has 1 rings (SSSR count). The summed E-state index contributed by atoms with van der Waals surface area (Å²) in [6.45, 7) is 0. The first-order chi connectivity index (χ1) is 8.02. The Kier molecular flexibility index (Phi) is 5.26. The van der Waals surface area contributed by atoms with Crippen molar-refractivity contribution in [1.82, 2.24) is 4.98 Å². The van der Waals surface area contributed by atoms with Crippen LogP contribution in [0.1, 0.15) is 10.4 Å². The van der Waals surface area contributed by atoms with Crippen LogP contribution in [-0.4, -0.2) is 38.9 Å². The van der Waals surface area contributed by atoms with Crippen molar-refractivity contribution in [2.24, 2.45) is 5.73 Å². The minimum absolute atomic E-state index is 0.0916. The first kappa shape index (κ1) is 13.8. The summed E-state index contributed by atoms with van der Waals surface area (Å²) in [7, 11) is 2.26. The molecule has 0 fully saturated rings. The van der Waals surface area contributed by atoms with Gasteiger partial charge in [0.2, 0.25) is 0 Å². The molecule has 1 aromatic rings. The lowest BCUT2D eigenvalue weighted by atomic mass is 10.3. The molecule has 1 heterocycles. The molecular weight excluding hydrogens is 264 g/mol. The predicted octanol–water partition coefficient (Wildman–Crippen LogP) is 0.932. The lowest BCUT2D eigenvalue weighted by Crippen LogP contribution is -2.32. The van der Waals surface area contributed by atoms with E-state index in [0.717, 1.165) is 21.6 Å². The third kappa shape index (κ3) is 4.25. The lowest BCUT2D eigenvalue weighted by molar-refractivity contribution is -0.137. The molecule has 92 valence electrons. The minimum atomic E-state index is -1.09. The van der Waals surface area contributed by atoms with Crippen molar-refractivity contribution in [3.8, 4) is 0 Å². The molecule has 0 aliphatic carbocycles. The van der Waals surface area contributed by atoms with Gasteiger partial charge in [-0.1, -0.05) is 10.8 Å². The smallest absolute Gasteiger partial charge is 0.338 e. The van der Waals surface area contributed by atoms with Crippen LogP contribution >= 0.6 is 21.6 Å². The van der Waals surface area contributed by atoms with Crippen molar-refractivity contribution in [1.29, 1.82) is 0 Å². The second-order valence-electron chi connectivity index (χ2n) is 2.97. The molecule has 1 aromatic heterocycles. The van der Waals surface area contributed by atoms with E-state index in [9.17, 15) is 9.59 Å². The molecule has 1 unspecified atom stereocenters. The Morgan fingerprint density at radius 3 is 2.76 bits per heavy atom. The van der Waals surface area contributed by atoms with Crippen molar-refractivity contribution in [2.45, 2.75) is 11.1 Å². The van der Waals surface area contributed by atoms with Gasteiger partial charge in [-0.25, -0.2) is 9.78 Å². The summed E-state index contributed by atoms with van der Waals surface area (Å²) in [6.07, 6.45) is 1.48. The Hall–Kier alpha value is -1.25. The van der Waals surface area contributed by atoms with Gasteiger partial charge >= 0.3 is 11.9 Å². The summed E-state index contributed by atoms with van der Waals surface area (Å²) < 4.78 is 0. The van der Waals surface area contributed by atoms with E-state index in [4.69, 9.17) is 15.9 Å². The van der Waals surface area contributed by atoms with E-state index in [1.165, 1.54) is 18.3 Å². The molecule has 0 saturated heterocycles. The highest BCUT2D eigenvalue weighted by atomic mass is 33.1. The molecule has 8 heteroatoms. The van der Waals surface area contributed by atoms with Gasteiger partial charge in [0.05, 0.1) is 5.56 Å². The molecule has 0 bridgehead atoms. The molecule has 1 atom stereocenters. The highest BCUT2D eigenvalue weighted by molar-refractivity contribution is 8.76. The zero-order valence-corrected chi connectivity index (χ0v) is 10.2. The quantitative estimate of drug-likeness (QED) is 0.656. The number of carboxylic acid groups (broad SMARTS) is 2. The number of aliphatic carboxylic acids is 1. The number of hydrogen-bond acceptors (Lipinski definition) is 6. The van der Waals surface area contributed by atoms with Crippen LogP contribution in [0.2, 0.25) is 0 Å². The van der Waals surface area contributed by atoms with Gasteiger partial charge in [-0.05, 0) is 22.9 Å². The highest BCUT2D eigenvalue weighted by Gasteiger charge is 2.14. The maximum atomic E-state index is 10.8. The van der Waals surface area contributed by atoms with Gasteiger partial charge in [0, 0.05) is 11.9 Å². The van der Waals surface area contributed by atoms with Gasteiger partial charge in [-0.3, -0.25) is 4.79 Å². The molecule has 0 amide bonds. The molecule has 0 saturated carbocycles. The summed E-state index contributed by atoms with van der Waals surface area (Å²) in [5.41, 5.74) is 5.40. The Bertz CT molecular complexity index is 427. The number of pyridine rings is 1. The van der Waals surface area contributed by atoms with E-state index in [-0.39, 0.29) is 11.3 Å². The molecular formula is C9H10N2O4S2. The second kappa shape index (κ2) is 6.48. The van der Waals surface area contributed by atoms with Crippen LogP contribution in [0, 0.1) is 0 Å². The van der Waals surface area contributed by atoms with E-state index in [2.05, 4.69) is 4.98 Å². The third-order valence-corrected chi connectivity index (χ3v) is 4.04. The topological polar surface area (TPSA) is 114 Å². The van der Waals surface area contributed by atoms with E-state index < -0.39 is 18.0 Å². The summed E-state index contributed by atoms with van der Waals surface area (Å²) in [4.78, 5) is 25.2. The third-order valence-electron chi connectivity index (χ3n) is 1.70. The molecule has 0 aliphatic rings. The summed E-state index contributed by atoms with van der Waals surface area (Å²) in [6, 6.07) is 2.00. The van der Waals surface area contributed by atoms with E-state index >= 15 is 0 Å². The standard InChI is InChI=1S/C9H10N2O4S2/c10-6(9(14)15)4-16-17-7-5(8(12)13)2-1-3-11-7/h1-3,6H,4,10H2,(H,12,13)(H,14,15). The Morgan fingerprint density at radius 2 is 2.18 bits per heavy atom. The SMILES string of the molecule is NC(CSSc1ncccc1C(=O)O)C(=O)O. The van der Waals surface area contributed by atoms with E-state index in [1.807, 2.05) is 0 Å². The lowest BCUT2D eigenvalue weighted by Gasteiger charge is -2.06. The molecule has 0 aliphatic heterocycles. The number of carbonyl (C=O) groups is 2. The van der Waals surface area contributed by atoms with Crippen molar-refractivity contribution < 1.29 is 19.8 Å². The van der Waals surface area contributed by atoms with Crippen LogP contribution < -0.4 is 5.73 Å². The zero-order chi connectivity index (χ0) is 12.8. The van der Waals surface area contributed by atoms with Gasteiger partial charge in [-0.15, -0.1) is 0 Å². The molecule has 0 spiro atoms. The number of aromatic nitrogens is 1. The highest BCUT2D eigenvalue weighted by Crippen LogP contribution is 2.31. The fraction of sp³-hybridized carbons (Fsp3) is 0.222. The Labute approximate surface area is 105 Å². The van der Waals surface area contributed by atoms with Crippen molar-refractivity contribution in [3.05, 3.63) is 23.9 Å². The van der Waals surface area contributed by atoms with Crippen LogP contribution in [-0.2, 0) is 4.79 Å². The molecule has 0 radical (unpaired) electrons. The van der Waals surface area contributed by atoms with Gasteiger partial charge in [0.25, 0.3) is 0 Å². The number of rotatable bonds is 6. The van der Waals surface area contributed by atoms with Crippen LogP contribution in [0.5, 0.6) is 0 Å². The maximum Gasteiger partial charge on any atom is 0.338 e. The molecule has 0 aromatic carbocycles. The summed E-state index contributed by atoms with van der Waals surface area (Å²) >= 11 is 0. The number of nitrogens with two attached hydrogens (primary N) is 1. The van der Waals surface area contributed by atoms with Crippen molar-refractivity contribution >= 4 is 33.5 Å². The predicted molar refractivity (Wildman–Crippen MR) is 65.1 cm³/mol. The summed E-state index contributed by atoms with van der Waals surface area (Å²) in [5.74, 6) is -1.98. The van der Waals surface area contributed by atoms with Gasteiger partial charge < -0.3 is 15.9 Å².